The molecule has 1 aromatic heterocycles. The van der Waals surface area contributed by atoms with Gasteiger partial charge in [0.25, 0.3) is 5.91 Å². The Morgan fingerprint density at radius 2 is 2.24 bits per heavy atom. The molecule has 5 nitrogen and oxygen atoms in total. The second-order valence-corrected chi connectivity index (χ2v) is 3.61. The van der Waals surface area contributed by atoms with Crippen LogP contribution in [0.5, 0.6) is 0 Å². The molecule has 0 aliphatic carbocycles. The van der Waals surface area contributed by atoms with Crippen LogP contribution in [0.4, 0.5) is 0 Å². The van der Waals surface area contributed by atoms with E-state index >= 15 is 0 Å². The van der Waals surface area contributed by atoms with Gasteiger partial charge in [0.15, 0.2) is 0 Å². The first-order valence-electron chi connectivity index (χ1n) is 5.64. The number of rotatable bonds is 5. The zero-order valence-electron chi connectivity index (χ0n) is 9.81. The maximum absolute atomic E-state index is 11.4. The third kappa shape index (κ3) is 5.10. The molecule has 0 bridgehead atoms. The van der Waals surface area contributed by atoms with Gasteiger partial charge >= 0.3 is 5.97 Å². The van der Waals surface area contributed by atoms with Gasteiger partial charge in [-0.05, 0) is 18.6 Å². The van der Waals surface area contributed by atoms with Crippen LogP contribution < -0.4 is 5.48 Å². The summed E-state index contributed by atoms with van der Waals surface area (Å²) >= 11 is 0. The normalized spacial score (nSPS) is 9.71. The van der Waals surface area contributed by atoms with Crippen molar-refractivity contribution in [3.63, 3.8) is 0 Å². The molecule has 17 heavy (non-hydrogen) atoms. The fraction of sp³-hybridized carbons (Fsp3) is 0.417. The molecule has 5 heteroatoms. The van der Waals surface area contributed by atoms with Gasteiger partial charge in [0.2, 0.25) is 0 Å². The van der Waals surface area contributed by atoms with Gasteiger partial charge in [-0.1, -0.05) is 19.8 Å². The average molecular weight is 236 g/mol. The van der Waals surface area contributed by atoms with Crippen LogP contribution in [0.1, 0.15) is 43.0 Å². The van der Waals surface area contributed by atoms with Gasteiger partial charge in [0.05, 0.1) is 5.56 Å². The summed E-state index contributed by atoms with van der Waals surface area (Å²) in [5.74, 6) is -0.891. The van der Waals surface area contributed by atoms with Crippen LogP contribution in [0.3, 0.4) is 0 Å². The number of aromatic nitrogens is 1. The molecule has 1 N–H and O–H groups in total. The third-order valence-electron chi connectivity index (χ3n) is 2.16. The molecule has 0 aromatic carbocycles. The standard InChI is InChI=1S/C12H16N2O3/c1-2-3-4-7-11(15)14-17-12(16)10-6-5-8-13-9-10/h5-6,8-9H,2-4,7H2,1H3,(H,14,15). The molecule has 1 amide bonds. The molecule has 0 aliphatic heterocycles. The predicted octanol–water partition coefficient (Wildman–Crippen LogP) is 1.85. The van der Waals surface area contributed by atoms with Crippen molar-refractivity contribution in [3.8, 4) is 0 Å². The molecule has 1 rings (SSSR count). The summed E-state index contributed by atoms with van der Waals surface area (Å²) in [4.78, 5) is 31.1. The topological polar surface area (TPSA) is 68.3 Å². The van der Waals surface area contributed by atoms with E-state index in [-0.39, 0.29) is 5.91 Å². The molecule has 0 fully saturated rings. The maximum atomic E-state index is 11.4. The minimum Gasteiger partial charge on any atom is -0.335 e. The van der Waals surface area contributed by atoms with Crippen LogP contribution in [0.15, 0.2) is 24.5 Å². The summed E-state index contributed by atoms with van der Waals surface area (Å²) in [5.41, 5.74) is 2.43. The van der Waals surface area contributed by atoms with Crippen LogP contribution >= 0.6 is 0 Å². The van der Waals surface area contributed by atoms with Gasteiger partial charge < -0.3 is 4.84 Å². The van der Waals surface area contributed by atoms with Crippen molar-refractivity contribution in [2.45, 2.75) is 32.6 Å². The number of hydrogen-bond acceptors (Lipinski definition) is 4. The van der Waals surface area contributed by atoms with Gasteiger partial charge in [-0.25, -0.2) is 4.79 Å². The fourth-order valence-corrected chi connectivity index (χ4v) is 1.23. The average Bonchev–Trinajstić information content (AvgIpc) is 2.37. The van der Waals surface area contributed by atoms with Crippen LogP contribution in [-0.4, -0.2) is 16.9 Å². The van der Waals surface area contributed by atoms with Crippen molar-refractivity contribution in [2.24, 2.45) is 0 Å². The molecule has 1 heterocycles. The summed E-state index contributed by atoms with van der Waals surface area (Å²) < 4.78 is 0. The van der Waals surface area contributed by atoms with Gasteiger partial charge in [0.1, 0.15) is 0 Å². The van der Waals surface area contributed by atoms with E-state index in [1.807, 2.05) is 0 Å². The lowest BCUT2D eigenvalue weighted by Gasteiger charge is -2.04. The van der Waals surface area contributed by atoms with Crippen LogP contribution in [0, 0.1) is 0 Å². The molecule has 92 valence electrons. The molecule has 0 saturated carbocycles. The number of carbonyl (C=O) groups is 2. The minimum absolute atomic E-state index is 0.282. The lowest BCUT2D eigenvalue weighted by atomic mass is 10.2. The number of unbranched alkanes of at least 4 members (excludes halogenated alkanes) is 2. The van der Waals surface area contributed by atoms with E-state index in [1.54, 1.807) is 18.3 Å². The van der Waals surface area contributed by atoms with E-state index in [0.717, 1.165) is 19.3 Å². The highest BCUT2D eigenvalue weighted by Crippen LogP contribution is 2.00. The van der Waals surface area contributed by atoms with E-state index in [0.29, 0.717) is 12.0 Å². The van der Waals surface area contributed by atoms with Crippen LogP contribution in [-0.2, 0) is 9.63 Å². The highest BCUT2D eigenvalue weighted by atomic mass is 16.7. The van der Waals surface area contributed by atoms with E-state index in [9.17, 15) is 9.59 Å². The monoisotopic (exact) mass is 236 g/mol. The van der Waals surface area contributed by atoms with Crippen molar-refractivity contribution < 1.29 is 14.4 Å². The smallest absolute Gasteiger partial charge is 0.335 e. The third-order valence-corrected chi connectivity index (χ3v) is 2.16. The minimum atomic E-state index is -0.609. The molecular formula is C12H16N2O3. The Kier molecular flexibility index (Phi) is 5.71. The van der Waals surface area contributed by atoms with Crippen molar-refractivity contribution in [1.82, 2.24) is 10.5 Å². The van der Waals surface area contributed by atoms with Crippen LogP contribution in [0.2, 0.25) is 0 Å². The number of pyridine rings is 1. The Morgan fingerprint density at radius 1 is 1.41 bits per heavy atom. The first kappa shape index (κ1) is 13.2. The molecule has 0 radical (unpaired) electrons. The Labute approximate surface area is 100 Å². The van der Waals surface area contributed by atoms with Gasteiger partial charge in [-0.2, -0.15) is 5.48 Å². The van der Waals surface area contributed by atoms with Gasteiger partial charge in [0, 0.05) is 18.8 Å². The first-order chi connectivity index (χ1) is 8.24. The lowest BCUT2D eigenvalue weighted by molar-refractivity contribution is -0.130. The molecule has 0 saturated heterocycles. The van der Waals surface area contributed by atoms with Crippen molar-refractivity contribution >= 4 is 11.9 Å². The molecule has 0 atom stereocenters. The summed E-state index contributed by atoms with van der Waals surface area (Å²) in [6.07, 6.45) is 6.14. The van der Waals surface area contributed by atoms with E-state index in [2.05, 4.69) is 22.2 Å². The summed E-state index contributed by atoms with van der Waals surface area (Å²) in [6.45, 7) is 2.06. The van der Waals surface area contributed by atoms with E-state index in [1.165, 1.54) is 6.20 Å². The second-order valence-electron chi connectivity index (χ2n) is 3.61. The van der Waals surface area contributed by atoms with E-state index < -0.39 is 5.97 Å². The summed E-state index contributed by atoms with van der Waals surface area (Å²) in [6, 6.07) is 3.19. The van der Waals surface area contributed by atoms with Crippen molar-refractivity contribution in [2.75, 3.05) is 0 Å². The number of carbonyl (C=O) groups excluding carboxylic acids is 2. The van der Waals surface area contributed by atoms with Crippen molar-refractivity contribution in [3.05, 3.63) is 30.1 Å². The number of hydrogen-bond donors (Lipinski definition) is 1. The zero-order chi connectivity index (χ0) is 12.5. The highest BCUT2D eigenvalue weighted by molar-refractivity contribution is 5.89. The summed E-state index contributed by atoms with van der Waals surface area (Å²) in [7, 11) is 0. The number of amides is 1. The second kappa shape index (κ2) is 7.38. The number of hydroxylamine groups is 1. The summed E-state index contributed by atoms with van der Waals surface area (Å²) in [5, 5.41) is 0. The molecule has 0 spiro atoms. The quantitative estimate of drug-likeness (QED) is 0.625. The van der Waals surface area contributed by atoms with Gasteiger partial charge in [-0.15, -0.1) is 0 Å². The van der Waals surface area contributed by atoms with Crippen LogP contribution in [0.25, 0.3) is 0 Å². The molecular weight excluding hydrogens is 220 g/mol. The Hall–Kier alpha value is -1.91. The number of nitrogens with zero attached hydrogens (tertiary/aromatic N) is 1. The van der Waals surface area contributed by atoms with E-state index in [4.69, 9.17) is 0 Å². The Morgan fingerprint density at radius 3 is 2.88 bits per heavy atom. The number of nitrogens with one attached hydrogen (secondary N) is 1. The lowest BCUT2D eigenvalue weighted by Crippen LogP contribution is -2.26. The van der Waals surface area contributed by atoms with Crippen molar-refractivity contribution in [1.29, 1.82) is 0 Å². The molecule has 0 unspecified atom stereocenters. The maximum Gasteiger partial charge on any atom is 0.364 e. The Bertz CT molecular complexity index is 365. The zero-order valence-corrected chi connectivity index (χ0v) is 9.81. The fourth-order valence-electron chi connectivity index (χ4n) is 1.23. The molecule has 1 aromatic rings. The highest BCUT2D eigenvalue weighted by Gasteiger charge is 2.09. The van der Waals surface area contributed by atoms with Gasteiger partial charge in [-0.3, -0.25) is 9.78 Å². The first-order valence-corrected chi connectivity index (χ1v) is 5.64. The Balaban J connectivity index is 2.26. The predicted molar refractivity (Wildman–Crippen MR) is 61.9 cm³/mol. The SMILES string of the molecule is CCCCCC(=O)NOC(=O)c1cccnc1. The largest absolute Gasteiger partial charge is 0.364 e. The molecule has 0 aliphatic rings.